The van der Waals surface area contributed by atoms with E-state index in [2.05, 4.69) is 18.7 Å². The van der Waals surface area contributed by atoms with E-state index in [1.165, 1.54) is 45.1 Å². The molecule has 0 aliphatic rings. The Morgan fingerprint density at radius 3 is 1.59 bits per heavy atom. The minimum Gasteiger partial charge on any atom is -0.330 e. The molecule has 0 aliphatic heterocycles. The van der Waals surface area contributed by atoms with Crippen LogP contribution in [0.25, 0.3) is 0 Å². The van der Waals surface area contributed by atoms with Crippen LogP contribution in [0.2, 0.25) is 0 Å². The van der Waals surface area contributed by atoms with Crippen LogP contribution in [0.4, 0.5) is 0 Å². The Kier molecular flexibility index (Phi) is 15.6. The second-order valence-electron chi connectivity index (χ2n) is 6.67. The van der Waals surface area contributed by atoms with E-state index < -0.39 is 0 Å². The maximum atomic E-state index is 6.06. The normalized spacial score (nSPS) is 14.5. The number of nitrogens with two attached hydrogens (primary N) is 3. The Labute approximate surface area is 139 Å². The monoisotopic (exact) mass is 314 g/mol. The van der Waals surface area contributed by atoms with E-state index in [9.17, 15) is 0 Å². The van der Waals surface area contributed by atoms with Crippen LogP contribution in [0.5, 0.6) is 0 Å². The van der Waals surface area contributed by atoms with Crippen molar-refractivity contribution in [1.29, 1.82) is 0 Å². The highest BCUT2D eigenvalue weighted by Gasteiger charge is 2.09. The smallest absolute Gasteiger partial charge is 0.00483 e. The van der Waals surface area contributed by atoms with Crippen LogP contribution < -0.4 is 17.2 Å². The van der Waals surface area contributed by atoms with Crippen molar-refractivity contribution in [2.75, 3.05) is 26.2 Å². The van der Waals surface area contributed by atoms with Gasteiger partial charge < -0.3 is 22.1 Å². The zero-order valence-corrected chi connectivity index (χ0v) is 15.2. The lowest BCUT2D eigenvalue weighted by Crippen LogP contribution is -2.34. The molecule has 2 atom stereocenters. The third kappa shape index (κ3) is 13.5. The van der Waals surface area contributed by atoms with Gasteiger partial charge in [0.2, 0.25) is 0 Å². The second kappa shape index (κ2) is 15.7. The summed E-state index contributed by atoms with van der Waals surface area (Å²) < 4.78 is 0. The lowest BCUT2D eigenvalue weighted by atomic mass is 10.1. The van der Waals surface area contributed by atoms with Gasteiger partial charge in [-0.05, 0) is 64.7 Å². The van der Waals surface area contributed by atoms with Gasteiger partial charge in [0.05, 0.1) is 0 Å². The van der Waals surface area contributed by atoms with E-state index in [1.807, 2.05) is 0 Å². The second-order valence-corrected chi connectivity index (χ2v) is 6.67. The van der Waals surface area contributed by atoms with Gasteiger partial charge in [-0.1, -0.05) is 39.5 Å². The molecule has 0 rings (SSSR count). The van der Waals surface area contributed by atoms with Crippen LogP contribution in [0, 0.1) is 0 Å². The molecular formula is C18H42N4. The van der Waals surface area contributed by atoms with Gasteiger partial charge in [0.25, 0.3) is 0 Å². The molecule has 0 saturated carbocycles. The number of unbranched alkanes of at least 4 members (excludes halogenated alkanes) is 5. The summed E-state index contributed by atoms with van der Waals surface area (Å²) in [4.78, 5) is 2.57. The van der Waals surface area contributed by atoms with Crippen LogP contribution in [0.15, 0.2) is 0 Å². The van der Waals surface area contributed by atoms with Gasteiger partial charge in [-0.2, -0.15) is 0 Å². The third-order valence-electron chi connectivity index (χ3n) is 4.61. The molecule has 2 unspecified atom stereocenters. The van der Waals surface area contributed by atoms with Crippen molar-refractivity contribution in [3.05, 3.63) is 0 Å². The van der Waals surface area contributed by atoms with Crippen molar-refractivity contribution in [2.24, 2.45) is 17.2 Å². The first kappa shape index (κ1) is 21.8. The fraction of sp³-hybridized carbons (Fsp3) is 1.00. The zero-order chi connectivity index (χ0) is 16.6. The Hall–Kier alpha value is -0.160. The van der Waals surface area contributed by atoms with Gasteiger partial charge in [-0.15, -0.1) is 0 Å². The van der Waals surface area contributed by atoms with Crippen molar-refractivity contribution in [1.82, 2.24) is 4.90 Å². The van der Waals surface area contributed by atoms with Gasteiger partial charge in [0.15, 0.2) is 0 Å². The minimum atomic E-state index is 0.346. The van der Waals surface area contributed by atoms with Crippen LogP contribution in [-0.4, -0.2) is 43.2 Å². The maximum Gasteiger partial charge on any atom is 0.00483 e. The number of hydrogen-bond acceptors (Lipinski definition) is 4. The largest absolute Gasteiger partial charge is 0.330 e. The molecule has 0 aromatic heterocycles. The van der Waals surface area contributed by atoms with E-state index in [1.54, 1.807) is 0 Å². The van der Waals surface area contributed by atoms with E-state index in [-0.39, 0.29) is 0 Å². The Bertz CT molecular complexity index is 209. The molecule has 4 heteroatoms. The van der Waals surface area contributed by atoms with Crippen molar-refractivity contribution in [3.63, 3.8) is 0 Å². The molecule has 0 aromatic carbocycles. The molecule has 0 saturated heterocycles. The van der Waals surface area contributed by atoms with Crippen LogP contribution >= 0.6 is 0 Å². The van der Waals surface area contributed by atoms with E-state index in [0.717, 1.165) is 45.3 Å². The molecule has 0 radical (unpaired) electrons. The molecule has 0 amide bonds. The minimum absolute atomic E-state index is 0.346. The highest BCUT2D eigenvalue weighted by molar-refractivity contribution is 4.68. The number of rotatable bonds is 16. The summed E-state index contributed by atoms with van der Waals surface area (Å²) in [7, 11) is 0. The fourth-order valence-corrected chi connectivity index (χ4v) is 2.63. The third-order valence-corrected chi connectivity index (χ3v) is 4.61. The molecule has 0 bridgehead atoms. The first-order chi connectivity index (χ1) is 10.6. The topological polar surface area (TPSA) is 81.3 Å². The molecular weight excluding hydrogens is 272 g/mol. The van der Waals surface area contributed by atoms with Crippen LogP contribution in [-0.2, 0) is 0 Å². The summed E-state index contributed by atoms with van der Waals surface area (Å²) >= 11 is 0. The van der Waals surface area contributed by atoms with Crippen molar-refractivity contribution in [2.45, 2.75) is 90.1 Å². The molecule has 0 heterocycles. The maximum absolute atomic E-state index is 6.06. The Balaban J connectivity index is 3.85. The SMILES string of the molecule is CCC(N)CCN(CCCCCCCCN)CCC(N)CC. The molecule has 0 aliphatic carbocycles. The lowest BCUT2D eigenvalue weighted by molar-refractivity contribution is 0.245. The van der Waals surface area contributed by atoms with E-state index >= 15 is 0 Å². The summed E-state index contributed by atoms with van der Waals surface area (Å²) in [6.07, 6.45) is 12.1. The molecule has 0 spiro atoms. The molecule has 0 fully saturated rings. The first-order valence-corrected chi connectivity index (χ1v) is 9.57. The van der Waals surface area contributed by atoms with Gasteiger partial charge in [-0.3, -0.25) is 0 Å². The summed E-state index contributed by atoms with van der Waals surface area (Å²) in [6.45, 7) is 8.62. The molecule has 6 N–H and O–H groups in total. The standard InChI is InChI=1S/C18H42N4/c1-3-17(20)11-15-22(16-12-18(21)4-2)14-10-8-6-5-7-9-13-19/h17-18H,3-16,19-21H2,1-2H3. The van der Waals surface area contributed by atoms with Crippen LogP contribution in [0.1, 0.15) is 78.1 Å². The first-order valence-electron chi connectivity index (χ1n) is 9.57. The molecule has 134 valence electrons. The average molecular weight is 315 g/mol. The number of nitrogens with zero attached hydrogens (tertiary/aromatic N) is 1. The van der Waals surface area contributed by atoms with Gasteiger partial charge in [0, 0.05) is 12.1 Å². The summed E-state index contributed by atoms with van der Waals surface area (Å²) in [5.74, 6) is 0. The summed E-state index contributed by atoms with van der Waals surface area (Å²) in [5, 5.41) is 0. The molecule has 4 nitrogen and oxygen atoms in total. The Morgan fingerprint density at radius 2 is 1.14 bits per heavy atom. The van der Waals surface area contributed by atoms with Crippen LogP contribution in [0.3, 0.4) is 0 Å². The zero-order valence-electron chi connectivity index (χ0n) is 15.2. The van der Waals surface area contributed by atoms with Gasteiger partial charge in [-0.25, -0.2) is 0 Å². The van der Waals surface area contributed by atoms with Gasteiger partial charge in [0.1, 0.15) is 0 Å². The summed E-state index contributed by atoms with van der Waals surface area (Å²) in [5.41, 5.74) is 17.6. The highest BCUT2D eigenvalue weighted by atomic mass is 15.1. The Morgan fingerprint density at radius 1 is 0.682 bits per heavy atom. The molecule has 0 aromatic rings. The predicted octanol–water partition coefficient (Wildman–Crippen LogP) is 2.84. The van der Waals surface area contributed by atoms with E-state index in [4.69, 9.17) is 17.2 Å². The fourth-order valence-electron chi connectivity index (χ4n) is 2.63. The lowest BCUT2D eigenvalue weighted by Gasteiger charge is -2.25. The van der Waals surface area contributed by atoms with Crippen molar-refractivity contribution in [3.8, 4) is 0 Å². The van der Waals surface area contributed by atoms with E-state index in [0.29, 0.717) is 12.1 Å². The average Bonchev–Trinajstić information content (AvgIpc) is 2.54. The van der Waals surface area contributed by atoms with Gasteiger partial charge >= 0.3 is 0 Å². The van der Waals surface area contributed by atoms with Crippen molar-refractivity contribution < 1.29 is 0 Å². The predicted molar refractivity (Wildman–Crippen MR) is 99.0 cm³/mol. The summed E-state index contributed by atoms with van der Waals surface area (Å²) in [6, 6.07) is 0.692. The number of hydrogen-bond donors (Lipinski definition) is 3. The van der Waals surface area contributed by atoms with Crippen molar-refractivity contribution >= 4 is 0 Å². The molecule has 22 heavy (non-hydrogen) atoms. The highest BCUT2D eigenvalue weighted by Crippen LogP contribution is 2.08. The quantitative estimate of drug-likeness (QED) is 0.383.